The van der Waals surface area contributed by atoms with Crippen LogP contribution in [0.25, 0.3) is 11.0 Å². The first-order valence-corrected chi connectivity index (χ1v) is 9.05. The SMILES string of the molecule is C[C@@H](Oc1ccc2c3c(c(=O)oc2c1)CCC3)C(=O)NCc1ccccn1. The maximum Gasteiger partial charge on any atom is 0.339 e. The first kappa shape index (κ1) is 17.3. The average molecular weight is 364 g/mol. The zero-order valence-corrected chi connectivity index (χ0v) is 15.0. The van der Waals surface area contributed by atoms with Gasteiger partial charge in [-0.25, -0.2) is 4.79 Å². The minimum absolute atomic E-state index is 0.240. The fourth-order valence-electron chi connectivity index (χ4n) is 3.42. The third-order valence-electron chi connectivity index (χ3n) is 4.80. The third-order valence-corrected chi connectivity index (χ3v) is 4.80. The normalized spacial score (nSPS) is 14.0. The van der Waals surface area contributed by atoms with Crippen LogP contribution in [-0.2, 0) is 24.2 Å². The van der Waals surface area contributed by atoms with Crippen LogP contribution in [-0.4, -0.2) is 17.0 Å². The fourth-order valence-corrected chi connectivity index (χ4v) is 3.42. The molecule has 0 spiro atoms. The summed E-state index contributed by atoms with van der Waals surface area (Å²) in [6, 6.07) is 10.9. The molecule has 1 N–H and O–H groups in total. The summed E-state index contributed by atoms with van der Waals surface area (Å²) < 4.78 is 11.2. The van der Waals surface area contributed by atoms with Crippen LogP contribution in [0.4, 0.5) is 0 Å². The number of aromatic nitrogens is 1. The van der Waals surface area contributed by atoms with E-state index < -0.39 is 6.10 Å². The number of carbonyl (C=O) groups is 1. The molecule has 3 aromatic rings. The Labute approximate surface area is 156 Å². The van der Waals surface area contributed by atoms with Crippen molar-refractivity contribution in [1.82, 2.24) is 10.3 Å². The van der Waals surface area contributed by atoms with Crippen LogP contribution in [0.15, 0.2) is 51.8 Å². The van der Waals surface area contributed by atoms with Gasteiger partial charge in [0.1, 0.15) is 11.3 Å². The van der Waals surface area contributed by atoms with Crippen LogP contribution in [0.3, 0.4) is 0 Å². The number of nitrogens with zero attached hydrogens (tertiary/aromatic N) is 1. The molecule has 1 atom stereocenters. The molecule has 1 aliphatic rings. The van der Waals surface area contributed by atoms with Crippen LogP contribution in [0.1, 0.15) is 30.2 Å². The van der Waals surface area contributed by atoms with Crippen molar-refractivity contribution in [2.75, 3.05) is 0 Å². The Balaban J connectivity index is 1.47. The summed E-state index contributed by atoms with van der Waals surface area (Å²) in [6.07, 6.45) is 3.64. The zero-order chi connectivity index (χ0) is 18.8. The summed E-state index contributed by atoms with van der Waals surface area (Å²) in [5.74, 6) is 0.250. The maximum atomic E-state index is 12.3. The molecule has 1 amide bonds. The predicted molar refractivity (Wildman–Crippen MR) is 101 cm³/mol. The number of amides is 1. The Morgan fingerprint density at radius 3 is 2.93 bits per heavy atom. The Hall–Kier alpha value is -3.15. The maximum absolute atomic E-state index is 12.3. The number of hydrogen-bond donors (Lipinski definition) is 1. The van der Waals surface area contributed by atoms with Gasteiger partial charge in [-0.3, -0.25) is 9.78 Å². The van der Waals surface area contributed by atoms with Crippen LogP contribution in [0, 0.1) is 0 Å². The molecule has 0 aliphatic heterocycles. The highest BCUT2D eigenvalue weighted by Crippen LogP contribution is 2.29. The molecule has 1 aliphatic carbocycles. The van der Waals surface area contributed by atoms with Crippen LogP contribution >= 0.6 is 0 Å². The predicted octanol–water partition coefficient (Wildman–Crippen LogP) is 2.76. The fraction of sp³-hybridized carbons (Fsp3) is 0.286. The van der Waals surface area contributed by atoms with E-state index in [-0.39, 0.29) is 11.5 Å². The highest BCUT2D eigenvalue weighted by atomic mass is 16.5. The lowest BCUT2D eigenvalue weighted by molar-refractivity contribution is -0.127. The number of pyridine rings is 1. The van der Waals surface area contributed by atoms with E-state index in [1.54, 1.807) is 19.2 Å². The molecule has 27 heavy (non-hydrogen) atoms. The van der Waals surface area contributed by atoms with Crippen molar-refractivity contribution in [2.24, 2.45) is 0 Å². The number of ether oxygens (including phenoxy) is 1. The first-order valence-electron chi connectivity index (χ1n) is 9.05. The number of benzene rings is 1. The van der Waals surface area contributed by atoms with Gasteiger partial charge in [-0.15, -0.1) is 0 Å². The molecule has 138 valence electrons. The summed E-state index contributed by atoms with van der Waals surface area (Å²) in [4.78, 5) is 28.5. The van der Waals surface area contributed by atoms with E-state index in [9.17, 15) is 9.59 Å². The van der Waals surface area contributed by atoms with Crippen molar-refractivity contribution >= 4 is 16.9 Å². The van der Waals surface area contributed by atoms with Gasteiger partial charge in [0.05, 0.1) is 12.2 Å². The molecular weight excluding hydrogens is 344 g/mol. The van der Waals surface area contributed by atoms with Gasteiger partial charge in [0, 0.05) is 23.2 Å². The Morgan fingerprint density at radius 2 is 2.11 bits per heavy atom. The summed E-state index contributed by atoms with van der Waals surface area (Å²) >= 11 is 0. The van der Waals surface area contributed by atoms with E-state index in [1.165, 1.54) is 0 Å². The summed E-state index contributed by atoms with van der Waals surface area (Å²) in [5, 5.41) is 3.75. The molecule has 0 unspecified atom stereocenters. The van der Waals surface area contributed by atoms with Crippen molar-refractivity contribution in [3.05, 3.63) is 69.8 Å². The molecule has 6 nitrogen and oxygen atoms in total. The van der Waals surface area contributed by atoms with E-state index in [4.69, 9.17) is 9.15 Å². The van der Waals surface area contributed by atoms with Gasteiger partial charge >= 0.3 is 5.63 Å². The number of carbonyl (C=O) groups excluding carboxylic acids is 1. The molecule has 0 saturated carbocycles. The molecule has 0 bridgehead atoms. The molecule has 6 heteroatoms. The van der Waals surface area contributed by atoms with Gasteiger partial charge in [-0.05, 0) is 56.0 Å². The highest BCUT2D eigenvalue weighted by Gasteiger charge is 2.20. The van der Waals surface area contributed by atoms with Crippen LogP contribution in [0.5, 0.6) is 5.75 Å². The van der Waals surface area contributed by atoms with Crippen molar-refractivity contribution in [3.63, 3.8) is 0 Å². The van der Waals surface area contributed by atoms with Gasteiger partial charge in [0.15, 0.2) is 6.10 Å². The molecular formula is C21H20N2O4. The number of fused-ring (bicyclic) bond motifs is 3. The van der Waals surface area contributed by atoms with E-state index in [1.807, 2.05) is 30.3 Å². The van der Waals surface area contributed by atoms with Gasteiger partial charge in [-0.2, -0.15) is 0 Å². The monoisotopic (exact) mass is 364 g/mol. The lowest BCUT2D eigenvalue weighted by Crippen LogP contribution is -2.36. The van der Waals surface area contributed by atoms with Gasteiger partial charge in [-0.1, -0.05) is 6.07 Å². The lowest BCUT2D eigenvalue weighted by atomic mass is 10.1. The average Bonchev–Trinajstić information content (AvgIpc) is 3.17. The largest absolute Gasteiger partial charge is 0.481 e. The topological polar surface area (TPSA) is 81.4 Å². The molecule has 1 aromatic carbocycles. The minimum atomic E-state index is -0.688. The lowest BCUT2D eigenvalue weighted by Gasteiger charge is -2.15. The number of rotatable bonds is 5. The van der Waals surface area contributed by atoms with Gasteiger partial charge in [0.25, 0.3) is 5.91 Å². The second-order valence-corrected chi connectivity index (χ2v) is 6.66. The second kappa shape index (κ2) is 7.23. The first-order chi connectivity index (χ1) is 13.1. The van der Waals surface area contributed by atoms with Crippen molar-refractivity contribution in [3.8, 4) is 5.75 Å². The van der Waals surface area contributed by atoms with E-state index in [2.05, 4.69) is 10.3 Å². The number of hydrogen-bond acceptors (Lipinski definition) is 5. The number of nitrogens with one attached hydrogen (secondary N) is 1. The molecule has 0 fully saturated rings. The standard InChI is InChI=1S/C21H20N2O4/c1-13(20(24)23-12-14-5-2-3-10-22-14)26-15-8-9-17-16-6-4-7-18(16)21(25)27-19(17)11-15/h2-3,5,8-11,13H,4,6-7,12H2,1H3,(H,23,24)/t13-/m1/s1. The summed E-state index contributed by atoms with van der Waals surface area (Å²) in [5.41, 5.74) is 2.87. The van der Waals surface area contributed by atoms with Crippen LogP contribution < -0.4 is 15.7 Å². The third kappa shape index (κ3) is 3.56. The molecule has 2 aromatic heterocycles. The molecule has 0 radical (unpaired) electrons. The van der Waals surface area contributed by atoms with Gasteiger partial charge < -0.3 is 14.5 Å². The van der Waals surface area contributed by atoms with E-state index >= 15 is 0 Å². The number of aryl methyl sites for hydroxylation is 1. The Kier molecular flexibility index (Phi) is 4.62. The Bertz CT molecular complexity index is 1040. The Morgan fingerprint density at radius 1 is 1.26 bits per heavy atom. The van der Waals surface area contributed by atoms with Crippen molar-refractivity contribution in [2.45, 2.75) is 38.8 Å². The van der Waals surface area contributed by atoms with Crippen molar-refractivity contribution < 1.29 is 13.9 Å². The van der Waals surface area contributed by atoms with E-state index in [0.29, 0.717) is 17.9 Å². The smallest absolute Gasteiger partial charge is 0.339 e. The van der Waals surface area contributed by atoms with Crippen molar-refractivity contribution in [1.29, 1.82) is 0 Å². The van der Waals surface area contributed by atoms with E-state index in [0.717, 1.165) is 41.5 Å². The molecule has 4 rings (SSSR count). The van der Waals surface area contributed by atoms with Crippen LogP contribution in [0.2, 0.25) is 0 Å². The minimum Gasteiger partial charge on any atom is -0.481 e. The zero-order valence-electron chi connectivity index (χ0n) is 15.0. The molecule has 0 saturated heterocycles. The summed E-state index contributed by atoms with van der Waals surface area (Å²) in [7, 11) is 0. The summed E-state index contributed by atoms with van der Waals surface area (Å²) in [6.45, 7) is 2.02. The second-order valence-electron chi connectivity index (χ2n) is 6.66. The highest BCUT2D eigenvalue weighted by molar-refractivity contribution is 5.84. The molecule has 2 heterocycles. The quantitative estimate of drug-likeness (QED) is 0.704. The van der Waals surface area contributed by atoms with Gasteiger partial charge in [0.2, 0.25) is 0 Å².